The fourth-order valence-corrected chi connectivity index (χ4v) is 4.61. The summed E-state index contributed by atoms with van der Waals surface area (Å²) < 4.78 is 0. The Kier molecular flexibility index (Phi) is 5.44. The predicted molar refractivity (Wildman–Crippen MR) is 128 cm³/mol. The van der Waals surface area contributed by atoms with E-state index in [4.69, 9.17) is 4.99 Å². The summed E-state index contributed by atoms with van der Waals surface area (Å²) >= 11 is 0. The molecule has 0 unspecified atom stereocenters. The van der Waals surface area contributed by atoms with Crippen molar-refractivity contribution in [2.75, 3.05) is 0 Å². The van der Waals surface area contributed by atoms with E-state index < -0.39 is 26.1 Å². The maximum atomic E-state index is 12.0. The van der Waals surface area contributed by atoms with Crippen LogP contribution in [0.2, 0.25) is 0 Å². The van der Waals surface area contributed by atoms with E-state index >= 15 is 0 Å². The van der Waals surface area contributed by atoms with Crippen molar-refractivity contribution in [2.45, 2.75) is 34.1 Å². The van der Waals surface area contributed by atoms with Crippen molar-refractivity contribution >= 4 is 34.4 Å². The summed E-state index contributed by atoms with van der Waals surface area (Å²) in [6.45, 7) is 7.53. The maximum Gasteiger partial charge on any atom is 0.284 e. The fraction of sp³-hybridized carbons (Fsp3) is 0.208. The van der Waals surface area contributed by atoms with Gasteiger partial charge in [-0.1, -0.05) is 24.6 Å². The molecule has 10 heteroatoms. The fourth-order valence-electron chi connectivity index (χ4n) is 4.61. The molecule has 0 fully saturated rings. The van der Waals surface area contributed by atoms with E-state index in [1.54, 1.807) is 13.0 Å². The number of non-ortho nitro benzene ring substituents is 1. The third-order valence-corrected chi connectivity index (χ3v) is 5.94. The van der Waals surface area contributed by atoms with Crippen LogP contribution in [0.25, 0.3) is 11.6 Å². The molecule has 172 valence electrons. The van der Waals surface area contributed by atoms with Gasteiger partial charge in [-0.25, -0.2) is 4.99 Å². The number of hydrogen-bond acceptors (Lipinski definition) is 7. The van der Waals surface area contributed by atoms with E-state index in [2.05, 4.69) is 0 Å². The van der Waals surface area contributed by atoms with E-state index in [1.165, 1.54) is 12.1 Å². The van der Waals surface area contributed by atoms with Crippen molar-refractivity contribution in [1.82, 2.24) is 0 Å². The number of aliphatic imine (C=N–C) groups is 1. The quantitative estimate of drug-likeness (QED) is 0.399. The van der Waals surface area contributed by atoms with Crippen molar-refractivity contribution in [3.05, 3.63) is 105 Å². The Labute approximate surface area is 194 Å². The molecule has 0 heterocycles. The van der Waals surface area contributed by atoms with Gasteiger partial charge >= 0.3 is 0 Å². The van der Waals surface area contributed by atoms with Gasteiger partial charge in [-0.2, -0.15) is 0 Å². The molecule has 0 amide bonds. The second-order valence-corrected chi connectivity index (χ2v) is 8.24. The van der Waals surface area contributed by atoms with Gasteiger partial charge in [0, 0.05) is 23.3 Å². The summed E-state index contributed by atoms with van der Waals surface area (Å²) in [7, 11) is 0. The number of hydrogen-bond donors (Lipinski definition) is 0. The standard InChI is InChI=1S/C24H20N4O6/c1-5-17-20(27(31)32)11-18-19(24(17)25-23-13(3)6-12(2)7-14(23)4)9-15-8-16(26(29)30)10-21(22(15)18)28(33)34/h6-11H,5H2,1-4H3. The Morgan fingerprint density at radius 2 is 1.47 bits per heavy atom. The molecule has 0 bridgehead atoms. The van der Waals surface area contributed by atoms with Gasteiger partial charge in [0.25, 0.3) is 17.1 Å². The summed E-state index contributed by atoms with van der Waals surface area (Å²) in [5.74, 6) is 0. The molecule has 10 nitrogen and oxygen atoms in total. The minimum atomic E-state index is -0.709. The number of aryl methyl sites for hydroxylation is 3. The molecule has 2 aliphatic rings. The number of fused-ring (bicyclic) bond motifs is 3. The van der Waals surface area contributed by atoms with Gasteiger partial charge in [0.15, 0.2) is 0 Å². The first kappa shape index (κ1) is 22.7. The molecule has 0 N–H and O–H groups in total. The first-order chi connectivity index (χ1) is 16.0. The van der Waals surface area contributed by atoms with Crippen LogP contribution in [0.4, 0.5) is 17.1 Å². The zero-order valence-electron chi connectivity index (χ0n) is 18.9. The van der Waals surface area contributed by atoms with E-state index in [-0.39, 0.29) is 22.4 Å². The average Bonchev–Trinajstić information content (AvgIpc) is 3.12. The van der Waals surface area contributed by atoms with Crippen LogP contribution in [0.5, 0.6) is 0 Å². The topological polar surface area (TPSA) is 142 Å². The molecule has 0 radical (unpaired) electrons. The SMILES string of the molecule is CCC1=C([N+](=O)[O-])C=C2C(=Cc3cc([N+](=O)[O-])cc([N+](=O)[O-])c32)C1=Nc1c(C)cc(C)cc1C. The molecular weight excluding hydrogens is 440 g/mol. The van der Waals surface area contributed by atoms with Crippen LogP contribution in [0, 0.1) is 51.1 Å². The van der Waals surface area contributed by atoms with Gasteiger partial charge < -0.3 is 0 Å². The Hall–Kier alpha value is -4.47. The van der Waals surface area contributed by atoms with E-state index in [9.17, 15) is 30.3 Å². The lowest BCUT2D eigenvalue weighted by Crippen LogP contribution is -2.17. The van der Waals surface area contributed by atoms with Gasteiger partial charge in [0.05, 0.1) is 43.4 Å². The third-order valence-electron chi connectivity index (χ3n) is 5.94. The van der Waals surface area contributed by atoms with Crippen LogP contribution in [-0.2, 0) is 0 Å². The molecule has 0 saturated heterocycles. The number of nitro benzene ring substituents is 2. The van der Waals surface area contributed by atoms with Crippen molar-refractivity contribution in [2.24, 2.45) is 4.99 Å². The van der Waals surface area contributed by atoms with Crippen molar-refractivity contribution < 1.29 is 14.8 Å². The van der Waals surface area contributed by atoms with Crippen molar-refractivity contribution in [1.29, 1.82) is 0 Å². The Bertz CT molecular complexity index is 1420. The van der Waals surface area contributed by atoms with Crippen LogP contribution < -0.4 is 0 Å². The van der Waals surface area contributed by atoms with Gasteiger partial charge in [-0.15, -0.1) is 0 Å². The smallest absolute Gasteiger partial charge is 0.258 e. The second-order valence-electron chi connectivity index (χ2n) is 8.24. The Morgan fingerprint density at radius 1 is 0.824 bits per heavy atom. The van der Waals surface area contributed by atoms with Gasteiger partial charge in [0.2, 0.25) is 0 Å². The number of rotatable bonds is 5. The molecular formula is C24H20N4O6. The predicted octanol–water partition coefficient (Wildman–Crippen LogP) is 5.94. The van der Waals surface area contributed by atoms with Crippen LogP contribution in [0.3, 0.4) is 0 Å². The minimum absolute atomic E-state index is 0.116. The first-order valence-corrected chi connectivity index (χ1v) is 10.5. The summed E-state index contributed by atoms with van der Waals surface area (Å²) in [4.78, 5) is 38.0. The average molecular weight is 460 g/mol. The van der Waals surface area contributed by atoms with Crippen molar-refractivity contribution in [3.8, 4) is 0 Å². The van der Waals surface area contributed by atoms with E-state index in [1.807, 2.05) is 32.9 Å². The number of allylic oxidation sites excluding steroid dienone is 4. The van der Waals surface area contributed by atoms with Crippen LogP contribution in [-0.4, -0.2) is 20.5 Å². The number of benzene rings is 2. The number of nitro groups is 3. The van der Waals surface area contributed by atoms with Gasteiger partial charge in [0.1, 0.15) is 0 Å². The van der Waals surface area contributed by atoms with Crippen molar-refractivity contribution in [3.63, 3.8) is 0 Å². The summed E-state index contributed by atoms with van der Waals surface area (Å²) in [6.07, 6.45) is 3.20. The zero-order chi connectivity index (χ0) is 24.9. The molecule has 2 aromatic rings. The molecule has 2 aromatic carbocycles. The highest BCUT2D eigenvalue weighted by molar-refractivity contribution is 6.29. The zero-order valence-corrected chi connectivity index (χ0v) is 18.9. The largest absolute Gasteiger partial charge is 0.284 e. The lowest BCUT2D eigenvalue weighted by atomic mass is 9.86. The van der Waals surface area contributed by atoms with Crippen LogP contribution >= 0.6 is 0 Å². The number of nitrogens with zero attached hydrogens (tertiary/aromatic N) is 4. The minimum Gasteiger partial charge on any atom is -0.258 e. The normalized spacial score (nSPS) is 15.6. The lowest BCUT2D eigenvalue weighted by Gasteiger charge is -2.19. The molecule has 0 spiro atoms. The molecule has 0 atom stereocenters. The monoisotopic (exact) mass is 460 g/mol. The van der Waals surface area contributed by atoms with Crippen LogP contribution in [0.1, 0.15) is 41.2 Å². The summed E-state index contributed by atoms with van der Waals surface area (Å²) in [6, 6.07) is 6.04. The Balaban J connectivity index is 2.07. The highest BCUT2D eigenvalue weighted by Gasteiger charge is 2.39. The molecule has 4 rings (SSSR count). The molecule has 0 saturated carbocycles. The molecule has 2 aliphatic carbocycles. The maximum absolute atomic E-state index is 12.0. The summed E-state index contributed by atoms with van der Waals surface area (Å²) in [5, 5.41) is 35.1. The third kappa shape index (κ3) is 3.58. The first-order valence-electron chi connectivity index (χ1n) is 10.5. The highest BCUT2D eigenvalue weighted by atomic mass is 16.6. The van der Waals surface area contributed by atoms with E-state index in [0.717, 1.165) is 22.8 Å². The molecule has 0 aliphatic heterocycles. The highest BCUT2D eigenvalue weighted by Crippen LogP contribution is 2.48. The van der Waals surface area contributed by atoms with Gasteiger partial charge in [-0.05, 0) is 50.0 Å². The lowest BCUT2D eigenvalue weighted by molar-refractivity contribution is -0.419. The van der Waals surface area contributed by atoms with E-state index in [0.29, 0.717) is 29.0 Å². The second kappa shape index (κ2) is 8.14. The van der Waals surface area contributed by atoms with Gasteiger partial charge in [-0.3, -0.25) is 30.3 Å². The molecule has 0 aromatic heterocycles. The molecule has 34 heavy (non-hydrogen) atoms. The Morgan fingerprint density at radius 3 is 2.00 bits per heavy atom. The summed E-state index contributed by atoms with van der Waals surface area (Å²) in [5.41, 5.74) is 4.22. The van der Waals surface area contributed by atoms with Crippen LogP contribution in [0.15, 0.2) is 52.2 Å².